The Balaban J connectivity index is 1.32. The van der Waals surface area contributed by atoms with Crippen LogP contribution in [0.5, 0.6) is 0 Å². The molecule has 0 spiro atoms. The van der Waals surface area contributed by atoms with Gasteiger partial charge in [0.1, 0.15) is 10.7 Å². The zero-order valence-electron chi connectivity index (χ0n) is 17.2. The molecule has 0 unspecified atom stereocenters. The molecule has 2 saturated carbocycles. The molecule has 6 nitrogen and oxygen atoms in total. The van der Waals surface area contributed by atoms with Crippen molar-refractivity contribution in [2.75, 3.05) is 5.75 Å². The minimum Gasteiger partial charge on any atom is -0.353 e. The van der Waals surface area contributed by atoms with Crippen molar-refractivity contribution < 1.29 is 4.79 Å². The van der Waals surface area contributed by atoms with Crippen molar-refractivity contribution in [2.45, 2.75) is 87.7 Å². The maximum atomic E-state index is 12.5. The highest BCUT2D eigenvalue weighted by atomic mass is 32.2. The molecule has 0 radical (unpaired) electrons. The van der Waals surface area contributed by atoms with Crippen molar-refractivity contribution in [2.24, 2.45) is 0 Å². The topological polar surface area (TPSA) is 72.2 Å². The van der Waals surface area contributed by atoms with Crippen LogP contribution in [0.3, 0.4) is 0 Å². The summed E-state index contributed by atoms with van der Waals surface area (Å²) in [7, 11) is 0. The number of thioether (sulfide) groups is 1. The van der Waals surface area contributed by atoms with E-state index in [2.05, 4.69) is 19.9 Å². The number of nitrogens with one attached hydrogen (secondary N) is 1. The Morgan fingerprint density at radius 1 is 1.07 bits per heavy atom. The van der Waals surface area contributed by atoms with E-state index in [0.717, 1.165) is 40.7 Å². The van der Waals surface area contributed by atoms with Crippen LogP contribution in [0.1, 0.15) is 80.0 Å². The van der Waals surface area contributed by atoms with Crippen LogP contribution in [0, 0.1) is 0 Å². The Kier molecular flexibility index (Phi) is 4.94. The highest BCUT2D eigenvalue weighted by Gasteiger charge is 2.32. The molecular formula is C22H27N5OS2. The van der Waals surface area contributed by atoms with Gasteiger partial charge >= 0.3 is 0 Å². The third-order valence-electron chi connectivity index (χ3n) is 6.70. The Morgan fingerprint density at radius 2 is 1.90 bits per heavy atom. The van der Waals surface area contributed by atoms with E-state index in [-0.39, 0.29) is 5.91 Å². The van der Waals surface area contributed by atoms with E-state index in [1.165, 1.54) is 79.0 Å². The average Bonchev–Trinajstić information content (AvgIpc) is 3.42. The highest BCUT2D eigenvalue weighted by molar-refractivity contribution is 7.99. The van der Waals surface area contributed by atoms with Crippen LogP contribution in [-0.4, -0.2) is 37.3 Å². The fourth-order valence-electron chi connectivity index (χ4n) is 5.01. The lowest BCUT2D eigenvalue weighted by atomic mass is 9.95. The van der Waals surface area contributed by atoms with Crippen LogP contribution < -0.4 is 5.32 Å². The predicted octanol–water partition coefficient (Wildman–Crippen LogP) is 4.64. The zero-order valence-corrected chi connectivity index (χ0v) is 18.8. The van der Waals surface area contributed by atoms with Crippen LogP contribution in [0.4, 0.5) is 0 Å². The van der Waals surface area contributed by atoms with E-state index >= 15 is 0 Å². The molecule has 0 aliphatic heterocycles. The van der Waals surface area contributed by atoms with Crippen LogP contribution >= 0.6 is 23.1 Å². The molecule has 3 aliphatic carbocycles. The number of amides is 1. The van der Waals surface area contributed by atoms with Crippen LogP contribution in [-0.2, 0) is 17.6 Å². The first kappa shape index (κ1) is 19.0. The van der Waals surface area contributed by atoms with Gasteiger partial charge in [-0.1, -0.05) is 31.0 Å². The summed E-state index contributed by atoms with van der Waals surface area (Å²) in [4.78, 5) is 20.3. The molecule has 0 saturated heterocycles. The Hall–Kier alpha value is -1.67. The monoisotopic (exact) mass is 441 g/mol. The number of carbonyl (C=O) groups excluding carboxylic acids is 1. The molecule has 6 rings (SSSR count). The summed E-state index contributed by atoms with van der Waals surface area (Å²) in [6, 6.07) is 0.350. The van der Waals surface area contributed by atoms with E-state index in [1.54, 1.807) is 0 Å². The molecule has 0 atom stereocenters. The number of carbonyl (C=O) groups is 1. The average molecular weight is 442 g/mol. The molecular weight excluding hydrogens is 414 g/mol. The van der Waals surface area contributed by atoms with Gasteiger partial charge in [0.25, 0.3) is 0 Å². The Morgan fingerprint density at radius 3 is 2.73 bits per heavy atom. The van der Waals surface area contributed by atoms with E-state index in [0.29, 0.717) is 17.7 Å². The standard InChI is InChI=1S/C22H27N5OS2/c28-17(23-14-6-2-1-3-7-14)12-29-22-26-25-20-18-15-8-4-5-9-16(15)30-21(18)24-19(27(20)22)13-10-11-13/h13-14H,1-12H2,(H,23,28). The largest absolute Gasteiger partial charge is 0.353 e. The van der Waals surface area contributed by atoms with Gasteiger partial charge in [-0.25, -0.2) is 4.98 Å². The molecule has 0 aromatic carbocycles. The predicted molar refractivity (Wildman–Crippen MR) is 121 cm³/mol. The number of hydrogen-bond acceptors (Lipinski definition) is 6. The molecule has 30 heavy (non-hydrogen) atoms. The second-order valence-corrected chi connectivity index (χ2v) is 11.0. The van der Waals surface area contributed by atoms with Gasteiger partial charge in [-0.2, -0.15) is 0 Å². The van der Waals surface area contributed by atoms with Crippen molar-refractivity contribution in [1.29, 1.82) is 0 Å². The first-order valence-electron chi connectivity index (χ1n) is 11.4. The molecule has 3 heterocycles. The van der Waals surface area contributed by atoms with Gasteiger partial charge in [-0.15, -0.1) is 21.5 Å². The van der Waals surface area contributed by atoms with Gasteiger partial charge in [0.15, 0.2) is 10.8 Å². The van der Waals surface area contributed by atoms with Crippen molar-refractivity contribution in [3.8, 4) is 0 Å². The number of aromatic nitrogens is 4. The normalized spacial score (nSPS) is 20.0. The first-order valence-corrected chi connectivity index (χ1v) is 13.2. The first-order chi connectivity index (χ1) is 14.8. The lowest BCUT2D eigenvalue weighted by Gasteiger charge is -2.22. The molecule has 2 fully saturated rings. The van der Waals surface area contributed by atoms with Crippen LogP contribution in [0.2, 0.25) is 0 Å². The number of thiophene rings is 1. The number of rotatable bonds is 5. The number of hydrogen-bond donors (Lipinski definition) is 1. The van der Waals surface area contributed by atoms with E-state index in [1.807, 2.05) is 11.3 Å². The van der Waals surface area contributed by atoms with Gasteiger partial charge in [-0.05, 0) is 56.9 Å². The highest BCUT2D eigenvalue weighted by Crippen LogP contribution is 2.44. The maximum absolute atomic E-state index is 12.5. The minimum atomic E-state index is 0.110. The zero-order chi connectivity index (χ0) is 20.1. The van der Waals surface area contributed by atoms with E-state index in [4.69, 9.17) is 4.98 Å². The molecule has 3 aromatic heterocycles. The summed E-state index contributed by atoms with van der Waals surface area (Å²) >= 11 is 3.36. The second kappa shape index (κ2) is 7.79. The van der Waals surface area contributed by atoms with Crippen molar-refractivity contribution in [3.63, 3.8) is 0 Å². The van der Waals surface area contributed by atoms with Gasteiger partial charge in [0.05, 0.1) is 11.1 Å². The third-order valence-corrected chi connectivity index (χ3v) is 8.81. The van der Waals surface area contributed by atoms with Gasteiger partial charge in [0.2, 0.25) is 5.91 Å². The van der Waals surface area contributed by atoms with Gasteiger partial charge < -0.3 is 5.32 Å². The summed E-state index contributed by atoms with van der Waals surface area (Å²) in [6.07, 6.45) is 13.1. The number of fused-ring (bicyclic) bond motifs is 5. The fraction of sp³-hybridized carbons (Fsp3) is 0.636. The van der Waals surface area contributed by atoms with Crippen molar-refractivity contribution in [1.82, 2.24) is 24.9 Å². The second-order valence-electron chi connectivity index (χ2n) is 8.97. The summed E-state index contributed by atoms with van der Waals surface area (Å²) in [5.41, 5.74) is 2.40. The van der Waals surface area contributed by atoms with E-state index < -0.39 is 0 Å². The maximum Gasteiger partial charge on any atom is 0.230 e. The molecule has 3 aromatic rings. The summed E-state index contributed by atoms with van der Waals surface area (Å²) in [6.45, 7) is 0. The molecule has 8 heteroatoms. The smallest absolute Gasteiger partial charge is 0.230 e. The lowest BCUT2D eigenvalue weighted by Crippen LogP contribution is -2.37. The SMILES string of the molecule is O=C(CSc1nnc2c3c4c(sc3nc(C3CC3)n12)CCCC4)NC1CCCCC1. The summed E-state index contributed by atoms with van der Waals surface area (Å²) in [5.74, 6) is 2.10. The Labute approximate surface area is 184 Å². The molecule has 158 valence electrons. The summed E-state index contributed by atoms with van der Waals surface area (Å²) < 4.78 is 2.17. The van der Waals surface area contributed by atoms with Gasteiger partial charge in [-0.3, -0.25) is 9.20 Å². The molecule has 1 amide bonds. The fourth-order valence-corrected chi connectivity index (χ4v) is 7.02. The number of nitrogens with zero attached hydrogens (tertiary/aromatic N) is 4. The van der Waals surface area contributed by atoms with Gasteiger partial charge in [0, 0.05) is 16.8 Å². The quantitative estimate of drug-likeness (QED) is 0.584. The van der Waals surface area contributed by atoms with Crippen LogP contribution in [0.25, 0.3) is 15.9 Å². The Bertz CT molecular complexity index is 1110. The van der Waals surface area contributed by atoms with Crippen molar-refractivity contribution in [3.05, 3.63) is 16.3 Å². The number of aryl methyl sites for hydroxylation is 2. The lowest BCUT2D eigenvalue weighted by molar-refractivity contribution is -0.119. The molecule has 1 N–H and O–H groups in total. The minimum absolute atomic E-state index is 0.110. The summed E-state index contributed by atoms with van der Waals surface area (Å²) in [5, 5.41) is 14.4. The molecule has 3 aliphatic rings. The molecule has 0 bridgehead atoms. The van der Waals surface area contributed by atoms with Crippen LogP contribution in [0.15, 0.2) is 5.16 Å². The third kappa shape index (κ3) is 3.42. The van der Waals surface area contributed by atoms with E-state index in [9.17, 15) is 4.79 Å². The van der Waals surface area contributed by atoms with Crippen molar-refractivity contribution >= 4 is 44.9 Å².